The zero-order valence-corrected chi connectivity index (χ0v) is 12.9. The molecule has 0 spiro atoms. The van der Waals surface area contributed by atoms with Gasteiger partial charge in [-0.2, -0.15) is 4.98 Å². The van der Waals surface area contributed by atoms with Gasteiger partial charge in [0.2, 0.25) is 5.95 Å². The van der Waals surface area contributed by atoms with Crippen molar-refractivity contribution in [2.75, 3.05) is 23.8 Å². The van der Waals surface area contributed by atoms with Crippen molar-refractivity contribution in [3.05, 3.63) is 60.2 Å². The number of benzene rings is 2. The molecule has 0 atom stereocenters. The predicted molar refractivity (Wildman–Crippen MR) is 93.5 cm³/mol. The Morgan fingerprint density at radius 2 is 1.65 bits per heavy atom. The van der Waals surface area contributed by atoms with E-state index in [2.05, 4.69) is 32.7 Å². The van der Waals surface area contributed by atoms with Gasteiger partial charge in [-0.05, 0) is 24.1 Å². The van der Waals surface area contributed by atoms with Crippen LogP contribution in [-0.4, -0.2) is 28.2 Å². The second-order valence-corrected chi connectivity index (χ2v) is 5.26. The number of nitrogens with one attached hydrogen (secondary N) is 2. The van der Waals surface area contributed by atoms with E-state index in [1.165, 1.54) is 5.56 Å². The first-order valence-electron chi connectivity index (χ1n) is 7.76. The lowest BCUT2D eigenvalue weighted by Crippen LogP contribution is -2.09. The van der Waals surface area contributed by atoms with Gasteiger partial charge >= 0.3 is 0 Å². The summed E-state index contributed by atoms with van der Waals surface area (Å²) < 4.78 is 0. The van der Waals surface area contributed by atoms with Gasteiger partial charge in [-0.1, -0.05) is 42.5 Å². The number of aromatic nitrogens is 2. The lowest BCUT2D eigenvalue weighted by atomic mass is 10.2. The van der Waals surface area contributed by atoms with Gasteiger partial charge in [-0.3, -0.25) is 0 Å². The van der Waals surface area contributed by atoms with Crippen LogP contribution in [0.2, 0.25) is 0 Å². The van der Waals surface area contributed by atoms with Gasteiger partial charge in [-0.15, -0.1) is 0 Å². The summed E-state index contributed by atoms with van der Waals surface area (Å²) in [5.41, 5.74) is 2.09. The van der Waals surface area contributed by atoms with Crippen LogP contribution >= 0.6 is 0 Å². The monoisotopic (exact) mass is 308 g/mol. The highest BCUT2D eigenvalue weighted by Gasteiger charge is 2.07. The van der Waals surface area contributed by atoms with Crippen molar-refractivity contribution >= 4 is 22.7 Å². The molecule has 23 heavy (non-hydrogen) atoms. The number of aliphatic hydroxyl groups excluding tert-OH is 1. The molecule has 5 nitrogen and oxygen atoms in total. The van der Waals surface area contributed by atoms with Gasteiger partial charge in [0.05, 0.1) is 5.52 Å². The molecule has 3 rings (SSSR count). The van der Waals surface area contributed by atoms with E-state index in [1.54, 1.807) is 0 Å². The molecule has 0 saturated carbocycles. The largest absolute Gasteiger partial charge is 0.396 e. The number of rotatable bonds is 7. The third kappa shape index (κ3) is 3.96. The van der Waals surface area contributed by atoms with Crippen molar-refractivity contribution in [3.63, 3.8) is 0 Å². The summed E-state index contributed by atoms with van der Waals surface area (Å²) >= 11 is 0. The van der Waals surface area contributed by atoms with Crippen LogP contribution < -0.4 is 10.6 Å². The molecule has 0 bridgehead atoms. The lowest BCUT2D eigenvalue weighted by molar-refractivity contribution is 0.292. The van der Waals surface area contributed by atoms with Gasteiger partial charge < -0.3 is 15.7 Å². The first-order chi connectivity index (χ1) is 11.4. The van der Waals surface area contributed by atoms with Crippen LogP contribution in [0, 0.1) is 0 Å². The molecule has 1 aromatic heterocycles. The van der Waals surface area contributed by atoms with Crippen LogP contribution in [0.5, 0.6) is 0 Å². The number of fused-ring (bicyclic) bond motifs is 1. The van der Waals surface area contributed by atoms with Crippen molar-refractivity contribution in [2.24, 2.45) is 0 Å². The van der Waals surface area contributed by atoms with Crippen LogP contribution in [0.3, 0.4) is 0 Å². The molecule has 1 heterocycles. The minimum Gasteiger partial charge on any atom is -0.396 e. The summed E-state index contributed by atoms with van der Waals surface area (Å²) in [4.78, 5) is 9.09. The fraction of sp³-hybridized carbons (Fsp3) is 0.222. The highest BCUT2D eigenvalue weighted by Crippen LogP contribution is 2.22. The first-order valence-corrected chi connectivity index (χ1v) is 7.76. The Labute approximate surface area is 135 Å². The minimum absolute atomic E-state index is 0.152. The minimum atomic E-state index is 0.152. The second kappa shape index (κ2) is 7.56. The van der Waals surface area contributed by atoms with Crippen LogP contribution in [0.4, 0.5) is 11.8 Å². The maximum atomic E-state index is 8.89. The highest BCUT2D eigenvalue weighted by molar-refractivity contribution is 5.89. The average molecular weight is 308 g/mol. The lowest BCUT2D eigenvalue weighted by Gasteiger charge is -2.11. The van der Waals surface area contributed by atoms with Gasteiger partial charge in [0.15, 0.2) is 0 Å². The predicted octanol–water partition coefficient (Wildman–Crippen LogP) is 3.04. The Morgan fingerprint density at radius 3 is 2.48 bits per heavy atom. The van der Waals surface area contributed by atoms with Crippen LogP contribution in [-0.2, 0) is 6.54 Å². The van der Waals surface area contributed by atoms with Gasteiger partial charge in [0.1, 0.15) is 5.82 Å². The molecule has 5 heteroatoms. The fourth-order valence-corrected chi connectivity index (χ4v) is 2.35. The number of para-hydroxylation sites is 1. The maximum absolute atomic E-state index is 8.89. The molecule has 0 radical (unpaired) electrons. The summed E-state index contributed by atoms with van der Waals surface area (Å²) in [6, 6.07) is 18.2. The molecule has 0 amide bonds. The number of nitrogens with zero attached hydrogens (tertiary/aromatic N) is 2. The molecule has 0 unspecified atom stereocenters. The van der Waals surface area contributed by atoms with Gasteiger partial charge in [0.25, 0.3) is 0 Å². The molecular formula is C18H20N4O. The van der Waals surface area contributed by atoms with Gasteiger partial charge in [0, 0.05) is 25.1 Å². The SMILES string of the molecule is OCCCNc1nc(NCc2ccccc2)c2ccccc2n1. The number of anilines is 2. The number of hydrogen-bond acceptors (Lipinski definition) is 5. The third-order valence-corrected chi connectivity index (χ3v) is 3.52. The Bertz CT molecular complexity index is 761. The Kier molecular flexibility index (Phi) is 5.01. The van der Waals surface area contributed by atoms with E-state index in [0.717, 1.165) is 16.7 Å². The Morgan fingerprint density at radius 1 is 0.870 bits per heavy atom. The van der Waals surface area contributed by atoms with E-state index in [4.69, 9.17) is 5.11 Å². The molecule has 0 aliphatic heterocycles. The van der Waals surface area contributed by atoms with Crippen LogP contribution in [0.15, 0.2) is 54.6 Å². The Balaban J connectivity index is 1.84. The molecule has 0 saturated heterocycles. The molecular weight excluding hydrogens is 288 g/mol. The number of aliphatic hydroxyl groups is 1. The quantitative estimate of drug-likeness (QED) is 0.585. The molecule has 0 aliphatic rings. The van der Waals surface area contributed by atoms with E-state index in [-0.39, 0.29) is 6.61 Å². The molecule has 0 fully saturated rings. The summed E-state index contributed by atoms with van der Waals surface area (Å²) in [6.45, 7) is 1.50. The standard InChI is InChI=1S/C18H20N4O/c23-12-6-11-19-18-21-16-10-5-4-9-15(16)17(22-18)20-13-14-7-2-1-3-8-14/h1-5,7-10,23H,6,11-13H2,(H2,19,20,21,22). The molecule has 3 aromatic rings. The van der Waals surface area contributed by atoms with Crippen molar-refractivity contribution < 1.29 is 5.11 Å². The van der Waals surface area contributed by atoms with Crippen molar-refractivity contribution in [2.45, 2.75) is 13.0 Å². The van der Waals surface area contributed by atoms with Crippen molar-refractivity contribution in [3.8, 4) is 0 Å². The number of hydrogen-bond donors (Lipinski definition) is 3. The molecule has 0 aliphatic carbocycles. The van der Waals surface area contributed by atoms with Crippen molar-refractivity contribution in [1.29, 1.82) is 0 Å². The van der Waals surface area contributed by atoms with Crippen LogP contribution in [0.1, 0.15) is 12.0 Å². The van der Waals surface area contributed by atoms with Crippen molar-refractivity contribution in [1.82, 2.24) is 9.97 Å². The van der Waals surface area contributed by atoms with Gasteiger partial charge in [-0.25, -0.2) is 4.98 Å². The maximum Gasteiger partial charge on any atom is 0.225 e. The summed E-state index contributed by atoms with van der Waals surface area (Å²) in [7, 11) is 0. The zero-order chi connectivity index (χ0) is 15.9. The summed E-state index contributed by atoms with van der Waals surface area (Å²) in [5.74, 6) is 1.39. The third-order valence-electron chi connectivity index (χ3n) is 3.52. The van der Waals surface area contributed by atoms with E-state index in [0.29, 0.717) is 25.5 Å². The van der Waals surface area contributed by atoms with E-state index in [1.807, 2.05) is 42.5 Å². The van der Waals surface area contributed by atoms with E-state index >= 15 is 0 Å². The second-order valence-electron chi connectivity index (χ2n) is 5.26. The van der Waals surface area contributed by atoms with Crippen LogP contribution in [0.25, 0.3) is 10.9 Å². The topological polar surface area (TPSA) is 70.1 Å². The Hall–Kier alpha value is -2.66. The van der Waals surface area contributed by atoms with E-state index < -0.39 is 0 Å². The fourth-order valence-electron chi connectivity index (χ4n) is 2.35. The zero-order valence-electron chi connectivity index (χ0n) is 12.9. The summed E-state index contributed by atoms with van der Waals surface area (Å²) in [5, 5.41) is 16.4. The van der Waals surface area contributed by atoms with E-state index in [9.17, 15) is 0 Å². The highest BCUT2D eigenvalue weighted by atomic mass is 16.3. The normalized spacial score (nSPS) is 10.7. The smallest absolute Gasteiger partial charge is 0.225 e. The first kappa shape index (κ1) is 15.2. The average Bonchev–Trinajstić information content (AvgIpc) is 2.61. The molecule has 3 N–H and O–H groups in total. The molecule has 2 aromatic carbocycles. The molecule has 118 valence electrons. The summed E-state index contributed by atoms with van der Waals surface area (Å²) in [6.07, 6.45) is 0.670.